The normalized spacial score (nSPS) is 25.8. The number of rotatable bonds is 6. The number of benzene rings is 2. The highest BCUT2D eigenvalue weighted by molar-refractivity contribution is 5.65. The molecule has 4 atom stereocenters. The maximum absolute atomic E-state index is 14.9. The van der Waals surface area contributed by atoms with Crippen LogP contribution in [0.15, 0.2) is 55.1 Å². The molecular weight excluding hydrogens is 416 g/mol. The quantitative estimate of drug-likeness (QED) is 0.319. The van der Waals surface area contributed by atoms with Crippen molar-refractivity contribution in [2.45, 2.75) is 63.6 Å². The van der Waals surface area contributed by atoms with Gasteiger partial charge < -0.3 is 4.74 Å². The molecule has 4 rings (SSSR count). The molecule has 0 N–H and O–H groups in total. The minimum absolute atomic E-state index is 0.311. The minimum Gasteiger partial charge on any atom is -0.406 e. The Morgan fingerprint density at radius 2 is 1.66 bits per heavy atom. The van der Waals surface area contributed by atoms with Gasteiger partial charge in [-0.05, 0) is 97.9 Å². The standard InChI is InChI=1S/C27H30F4O/c1-2-3-4-18-5-6-21-16-22(8-7-20(21)15-18)23-11-14-25(26(28)17-23)19-9-12-24(13-10-19)32-27(29,30)31/h2,9-14,17-18,20-22H,1,3-8,15-16H2. The molecule has 32 heavy (non-hydrogen) atoms. The molecule has 0 spiro atoms. The van der Waals surface area contributed by atoms with Crippen LogP contribution in [0, 0.1) is 23.6 Å². The van der Waals surface area contributed by atoms with E-state index in [1.807, 2.05) is 12.1 Å². The Morgan fingerprint density at radius 1 is 0.938 bits per heavy atom. The predicted molar refractivity (Wildman–Crippen MR) is 119 cm³/mol. The van der Waals surface area contributed by atoms with E-state index in [-0.39, 0.29) is 11.6 Å². The van der Waals surface area contributed by atoms with Crippen LogP contribution in [-0.2, 0) is 0 Å². The zero-order chi connectivity index (χ0) is 22.7. The number of ether oxygens (including phenoxy) is 1. The number of fused-ring (bicyclic) bond motifs is 1. The molecule has 2 aliphatic carbocycles. The van der Waals surface area contributed by atoms with Gasteiger partial charge in [0.25, 0.3) is 0 Å². The monoisotopic (exact) mass is 446 g/mol. The Balaban J connectivity index is 1.40. The first-order valence-electron chi connectivity index (χ1n) is 11.6. The molecule has 2 fully saturated rings. The van der Waals surface area contributed by atoms with Crippen molar-refractivity contribution >= 4 is 0 Å². The lowest BCUT2D eigenvalue weighted by Gasteiger charge is -2.42. The summed E-state index contributed by atoms with van der Waals surface area (Å²) in [5.41, 5.74) is 1.96. The van der Waals surface area contributed by atoms with Crippen LogP contribution in [0.2, 0.25) is 0 Å². The van der Waals surface area contributed by atoms with Crippen LogP contribution in [-0.4, -0.2) is 6.36 Å². The lowest BCUT2D eigenvalue weighted by atomic mass is 9.63. The average molecular weight is 447 g/mol. The molecular formula is C27H30F4O. The smallest absolute Gasteiger partial charge is 0.406 e. The van der Waals surface area contributed by atoms with Crippen molar-refractivity contribution in [3.8, 4) is 16.9 Å². The van der Waals surface area contributed by atoms with Gasteiger partial charge in [-0.1, -0.05) is 36.8 Å². The average Bonchev–Trinajstić information content (AvgIpc) is 2.77. The SMILES string of the molecule is C=CCCC1CCC2CC(c3ccc(-c4ccc(OC(F)(F)F)cc4)c(F)c3)CCC2C1. The Morgan fingerprint density at radius 3 is 2.34 bits per heavy atom. The van der Waals surface area contributed by atoms with Crippen molar-refractivity contribution in [1.29, 1.82) is 0 Å². The van der Waals surface area contributed by atoms with E-state index >= 15 is 0 Å². The molecule has 172 valence electrons. The van der Waals surface area contributed by atoms with Crippen LogP contribution in [0.25, 0.3) is 11.1 Å². The van der Waals surface area contributed by atoms with E-state index in [9.17, 15) is 17.6 Å². The van der Waals surface area contributed by atoms with Gasteiger partial charge in [-0.3, -0.25) is 0 Å². The summed E-state index contributed by atoms with van der Waals surface area (Å²) in [4.78, 5) is 0. The second-order valence-electron chi connectivity index (χ2n) is 9.39. The summed E-state index contributed by atoms with van der Waals surface area (Å²) in [7, 11) is 0. The molecule has 0 bridgehead atoms. The predicted octanol–water partition coefficient (Wildman–Crippen LogP) is 8.66. The van der Waals surface area contributed by atoms with Gasteiger partial charge in [0.1, 0.15) is 11.6 Å². The third kappa shape index (κ3) is 5.54. The fourth-order valence-corrected chi connectivity index (χ4v) is 5.76. The molecule has 0 radical (unpaired) electrons. The molecule has 4 unspecified atom stereocenters. The molecule has 1 nitrogen and oxygen atoms in total. The number of allylic oxidation sites excluding steroid dienone is 1. The van der Waals surface area contributed by atoms with Crippen molar-refractivity contribution in [1.82, 2.24) is 0 Å². The molecule has 0 amide bonds. The lowest BCUT2D eigenvalue weighted by Crippen LogP contribution is -2.30. The van der Waals surface area contributed by atoms with Gasteiger partial charge in [-0.25, -0.2) is 4.39 Å². The van der Waals surface area contributed by atoms with Gasteiger partial charge in [0.2, 0.25) is 0 Å². The van der Waals surface area contributed by atoms with E-state index in [1.54, 1.807) is 12.1 Å². The van der Waals surface area contributed by atoms with Gasteiger partial charge in [0.15, 0.2) is 0 Å². The van der Waals surface area contributed by atoms with Crippen molar-refractivity contribution < 1.29 is 22.3 Å². The molecule has 2 aromatic carbocycles. The molecule has 5 heteroatoms. The third-order valence-electron chi connectivity index (χ3n) is 7.36. The van der Waals surface area contributed by atoms with Crippen molar-refractivity contribution in [3.63, 3.8) is 0 Å². The zero-order valence-corrected chi connectivity index (χ0v) is 18.2. The van der Waals surface area contributed by atoms with E-state index in [0.717, 1.165) is 42.6 Å². The summed E-state index contributed by atoms with van der Waals surface area (Å²) >= 11 is 0. The molecule has 0 aromatic heterocycles. The van der Waals surface area contributed by atoms with Crippen LogP contribution in [0.5, 0.6) is 5.75 Å². The van der Waals surface area contributed by atoms with E-state index in [1.165, 1.54) is 56.4 Å². The zero-order valence-electron chi connectivity index (χ0n) is 18.2. The highest BCUT2D eigenvalue weighted by Gasteiger charge is 2.36. The summed E-state index contributed by atoms with van der Waals surface area (Å²) < 4.78 is 55.8. The van der Waals surface area contributed by atoms with Gasteiger partial charge in [-0.2, -0.15) is 0 Å². The number of hydrogen-bond donors (Lipinski definition) is 0. The summed E-state index contributed by atoms with van der Waals surface area (Å²) in [5.74, 6) is 2.10. The lowest BCUT2D eigenvalue weighted by molar-refractivity contribution is -0.274. The van der Waals surface area contributed by atoms with Crippen molar-refractivity contribution in [2.24, 2.45) is 17.8 Å². The first-order chi connectivity index (χ1) is 15.3. The molecule has 0 saturated heterocycles. The third-order valence-corrected chi connectivity index (χ3v) is 7.36. The first-order valence-corrected chi connectivity index (χ1v) is 11.6. The number of halogens is 4. The van der Waals surface area contributed by atoms with Crippen LogP contribution < -0.4 is 4.74 Å². The summed E-state index contributed by atoms with van der Waals surface area (Å²) in [5, 5.41) is 0. The highest BCUT2D eigenvalue weighted by Crippen LogP contribution is 2.48. The van der Waals surface area contributed by atoms with Gasteiger partial charge in [0.05, 0.1) is 0 Å². The Kier molecular flexibility index (Phi) is 6.92. The van der Waals surface area contributed by atoms with E-state index < -0.39 is 6.36 Å². The van der Waals surface area contributed by atoms with Gasteiger partial charge in [-0.15, -0.1) is 19.8 Å². The van der Waals surface area contributed by atoms with E-state index in [0.29, 0.717) is 17.0 Å². The van der Waals surface area contributed by atoms with Crippen LogP contribution >= 0.6 is 0 Å². The van der Waals surface area contributed by atoms with E-state index in [2.05, 4.69) is 11.3 Å². The minimum atomic E-state index is -4.74. The molecule has 0 aliphatic heterocycles. The molecule has 2 saturated carbocycles. The molecule has 2 aliphatic rings. The van der Waals surface area contributed by atoms with Crippen LogP contribution in [0.3, 0.4) is 0 Å². The summed E-state index contributed by atoms with van der Waals surface area (Å²) in [6.07, 6.45) is 6.97. The maximum atomic E-state index is 14.9. The summed E-state index contributed by atoms with van der Waals surface area (Å²) in [6, 6.07) is 10.7. The topological polar surface area (TPSA) is 9.23 Å². The second-order valence-corrected chi connectivity index (χ2v) is 9.39. The summed E-state index contributed by atoms with van der Waals surface area (Å²) in [6.45, 7) is 3.84. The second kappa shape index (κ2) is 9.68. The van der Waals surface area contributed by atoms with Gasteiger partial charge >= 0.3 is 6.36 Å². The molecule has 0 heterocycles. The van der Waals surface area contributed by atoms with E-state index in [4.69, 9.17) is 0 Å². The fourth-order valence-electron chi connectivity index (χ4n) is 5.76. The van der Waals surface area contributed by atoms with Crippen LogP contribution in [0.4, 0.5) is 17.6 Å². The number of hydrogen-bond acceptors (Lipinski definition) is 1. The Bertz CT molecular complexity index is 918. The molecule has 2 aromatic rings. The van der Waals surface area contributed by atoms with Crippen molar-refractivity contribution in [2.75, 3.05) is 0 Å². The Labute approximate surface area is 187 Å². The van der Waals surface area contributed by atoms with Crippen molar-refractivity contribution in [3.05, 3.63) is 66.5 Å². The largest absolute Gasteiger partial charge is 0.573 e. The van der Waals surface area contributed by atoms with Crippen LogP contribution in [0.1, 0.15) is 62.8 Å². The Hall–Kier alpha value is -2.30. The van der Waals surface area contributed by atoms with Gasteiger partial charge in [0, 0.05) is 5.56 Å². The maximum Gasteiger partial charge on any atom is 0.573 e. The highest BCUT2D eigenvalue weighted by atomic mass is 19.4. The number of alkyl halides is 3. The fraction of sp³-hybridized carbons (Fsp3) is 0.481. The first kappa shape index (κ1) is 22.9.